The van der Waals surface area contributed by atoms with Crippen LogP contribution in [0.15, 0.2) is 59.1 Å². The zero-order chi connectivity index (χ0) is 20.4. The molecule has 5 heteroatoms. The van der Waals surface area contributed by atoms with Gasteiger partial charge in [-0.1, -0.05) is 78.7 Å². The van der Waals surface area contributed by atoms with Gasteiger partial charge in [0.2, 0.25) is 11.8 Å². The van der Waals surface area contributed by atoms with Gasteiger partial charge in [-0.25, -0.2) is 0 Å². The van der Waals surface area contributed by atoms with E-state index in [9.17, 15) is 9.59 Å². The number of amides is 2. The molecule has 0 saturated carbocycles. The number of hydrogen-bond acceptors (Lipinski definition) is 2. The molecule has 2 aromatic carbocycles. The molecule has 1 N–H and O–H groups in total. The van der Waals surface area contributed by atoms with Crippen molar-refractivity contribution in [2.24, 2.45) is 0 Å². The van der Waals surface area contributed by atoms with E-state index in [1.54, 1.807) is 4.90 Å². The maximum absolute atomic E-state index is 13.0. The first-order valence-corrected chi connectivity index (χ1v) is 10.7. The lowest BCUT2D eigenvalue weighted by atomic mass is 10.0. The summed E-state index contributed by atoms with van der Waals surface area (Å²) in [5.41, 5.74) is 2.05. The Morgan fingerprint density at radius 1 is 1.00 bits per heavy atom. The number of unbranched alkanes of at least 4 members (excludes halogenated alkanes) is 1. The van der Waals surface area contributed by atoms with Crippen molar-refractivity contribution in [3.05, 3.63) is 70.2 Å². The molecule has 0 bridgehead atoms. The highest BCUT2D eigenvalue weighted by Gasteiger charge is 2.29. The van der Waals surface area contributed by atoms with Crippen LogP contribution in [0.5, 0.6) is 0 Å². The van der Waals surface area contributed by atoms with Gasteiger partial charge >= 0.3 is 0 Å². The third kappa shape index (κ3) is 6.79. The maximum atomic E-state index is 13.0. The molecule has 0 fully saturated rings. The number of carbonyl (C=O) groups is 2. The average molecular weight is 445 g/mol. The topological polar surface area (TPSA) is 49.4 Å². The largest absolute Gasteiger partial charge is 0.354 e. The fourth-order valence-corrected chi connectivity index (χ4v) is 3.31. The molecular formula is C23H29BrN2O2. The van der Waals surface area contributed by atoms with Crippen molar-refractivity contribution >= 4 is 27.7 Å². The summed E-state index contributed by atoms with van der Waals surface area (Å²) < 4.78 is 0.989. The third-order valence-electron chi connectivity index (χ3n) is 4.67. The second-order valence-corrected chi connectivity index (χ2v) is 7.77. The summed E-state index contributed by atoms with van der Waals surface area (Å²) in [6.07, 6.45) is 2.81. The number of rotatable bonds is 10. The summed E-state index contributed by atoms with van der Waals surface area (Å²) in [5.74, 6) is -0.106. The van der Waals surface area contributed by atoms with Crippen LogP contribution in [0.4, 0.5) is 0 Å². The molecular weight excluding hydrogens is 416 g/mol. The first kappa shape index (κ1) is 22.2. The highest BCUT2D eigenvalue weighted by molar-refractivity contribution is 9.10. The molecule has 150 valence electrons. The number of carbonyl (C=O) groups excluding carboxylic acids is 2. The quantitative estimate of drug-likeness (QED) is 0.539. The Bertz CT molecular complexity index is 747. The van der Waals surface area contributed by atoms with Gasteiger partial charge in [-0.2, -0.15) is 0 Å². The average Bonchev–Trinajstić information content (AvgIpc) is 2.72. The SMILES string of the molecule is CCCCNC(=O)[C@@H](Cc1ccccc1)N(Cc1ccc(Br)cc1)C(=O)CC. The number of nitrogens with zero attached hydrogens (tertiary/aromatic N) is 1. The zero-order valence-electron chi connectivity index (χ0n) is 16.7. The number of nitrogens with one attached hydrogen (secondary N) is 1. The molecule has 0 spiro atoms. The first-order chi connectivity index (χ1) is 13.5. The maximum Gasteiger partial charge on any atom is 0.243 e. The van der Waals surface area contributed by atoms with Crippen LogP contribution < -0.4 is 5.32 Å². The summed E-state index contributed by atoms with van der Waals surface area (Å²) in [4.78, 5) is 27.5. The van der Waals surface area contributed by atoms with Crippen LogP contribution in [0, 0.1) is 0 Å². The second-order valence-electron chi connectivity index (χ2n) is 6.85. The molecule has 0 radical (unpaired) electrons. The number of benzene rings is 2. The minimum Gasteiger partial charge on any atom is -0.354 e. The fourth-order valence-electron chi connectivity index (χ4n) is 3.05. The third-order valence-corrected chi connectivity index (χ3v) is 5.20. The van der Waals surface area contributed by atoms with E-state index in [4.69, 9.17) is 0 Å². The molecule has 0 unspecified atom stereocenters. The predicted molar refractivity (Wildman–Crippen MR) is 117 cm³/mol. The Morgan fingerprint density at radius 2 is 1.68 bits per heavy atom. The van der Waals surface area contributed by atoms with Gasteiger partial charge in [-0.3, -0.25) is 9.59 Å². The van der Waals surface area contributed by atoms with Gasteiger partial charge in [0.25, 0.3) is 0 Å². The zero-order valence-corrected chi connectivity index (χ0v) is 18.2. The van der Waals surface area contributed by atoms with Gasteiger partial charge in [-0.15, -0.1) is 0 Å². The molecule has 4 nitrogen and oxygen atoms in total. The van der Waals surface area contributed by atoms with E-state index < -0.39 is 6.04 Å². The summed E-state index contributed by atoms with van der Waals surface area (Å²) in [6.45, 7) is 4.98. The van der Waals surface area contributed by atoms with E-state index in [0.717, 1.165) is 28.4 Å². The van der Waals surface area contributed by atoms with E-state index in [1.807, 2.05) is 61.5 Å². The smallest absolute Gasteiger partial charge is 0.243 e. The summed E-state index contributed by atoms with van der Waals surface area (Å²) >= 11 is 3.44. The Kier molecular flexibility index (Phi) is 9.21. The Morgan fingerprint density at radius 3 is 2.29 bits per heavy atom. The molecule has 0 heterocycles. The molecule has 0 aliphatic rings. The number of halogens is 1. The molecule has 2 rings (SSSR count). The summed E-state index contributed by atoms with van der Waals surface area (Å²) in [6, 6.07) is 17.2. The Labute approximate surface area is 176 Å². The predicted octanol–water partition coefficient (Wildman–Crippen LogP) is 4.72. The lowest BCUT2D eigenvalue weighted by molar-refractivity contribution is -0.141. The van der Waals surface area contributed by atoms with Crippen molar-refractivity contribution in [1.29, 1.82) is 0 Å². The molecule has 0 saturated heterocycles. The lowest BCUT2D eigenvalue weighted by Gasteiger charge is -2.31. The first-order valence-electron chi connectivity index (χ1n) is 9.90. The molecule has 1 atom stereocenters. The van der Waals surface area contributed by atoms with E-state index in [-0.39, 0.29) is 11.8 Å². The van der Waals surface area contributed by atoms with E-state index >= 15 is 0 Å². The van der Waals surface area contributed by atoms with Gasteiger partial charge in [-0.05, 0) is 29.7 Å². The van der Waals surface area contributed by atoms with E-state index in [1.165, 1.54) is 0 Å². The summed E-state index contributed by atoms with van der Waals surface area (Å²) in [7, 11) is 0. The second kappa shape index (κ2) is 11.6. The van der Waals surface area contributed by atoms with Gasteiger partial charge in [0.05, 0.1) is 0 Å². The fraction of sp³-hybridized carbons (Fsp3) is 0.391. The highest BCUT2D eigenvalue weighted by Crippen LogP contribution is 2.17. The van der Waals surface area contributed by atoms with Crippen LogP contribution in [0.25, 0.3) is 0 Å². The monoisotopic (exact) mass is 444 g/mol. The highest BCUT2D eigenvalue weighted by atomic mass is 79.9. The van der Waals surface area contributed by atoms with Crippen LogP contribution in [-0.4, -0.2) is 29.3 Å². The standard InChI is InChI=1S/C23H29BrN2O2/c1-3-5-15-25-23(28)21(16-18-9-7-6-8-10-18)26(22(27)4-2)17-19-11-13-20(24)14-12-19/h6-14,21H,3-5,15-17H2,1-2H3,(H,25,28)/t21-/m1/s1. The van der Waals surface area contributed by atoms with Crippen molar-refractivity contribution in [3.63, 3.8) is 0 Å². The lowest BCUT2D eigenvalue weighted by Crippen LogP contribution is -2.50. The Balaban J connectivity index is 2.28. The van der Waals surface area contributed by atoms with Gasteiger partial charge in [0.1, 0.15) is 6.04 Å². The molecule has 2 amide bonds. The minimum absolute atomic E-state index is 0.0190. The van der Waals surface area contributed by atoms with E-state index in [2.05, 4.69) is 28.2 Å². The molecule has 0 aliphatic carbocycles. The minimum atomic E-state index is -0.532. The number of hydrogen-bond donors (Lipinski definition) is 1. The van der Waals surface area contributed by atoms with Crippen molar-refractivity contribution < 1.29 is 9.59 Å². The van der Waals surface area contributed by atoms with Gasteiger partial charge in [0.15, 0.2) is 0 Å². The van der Waals surface area contributed by atoms with E-state index in [0.29, 0.717) is 25.9 Å². The molecule has 0 aliphatic heterocycles. The van der Waals surface area contributed by atoms with Crippen LogP contribution in [0.3, 0.4) is 0 Å². The van der Waals surface area contributed by atoms with Crippen molar-refractivity contribution in [2.75, 3.05) is 6.54 Å². The Hall–Kier alpha value is -2.14. The van der Waals surface area contributed by atoms with Gasteiger partial charge in [0, 0.05) is 30.4 Å². The van der Waals surface area contributed by atoms with Crippen molar-refractivity contribution in [2.45, 2.75) is 52.1 Å². The van der Waals surface area contributed by atoms with Crippen LogP contribution in [0.1, 0.15) is 44.2 Å². The van der Waals surface area contributed by atoms with Crippen LogP contribution in [-0.2, 0) is 22.6 Å². The summed E-state index contributed by atoms with van der Waals surface area (Å²) in [5, 5.41) is 3.02. The van der Waals surface area contributed by atoms with Crippen molar-refractivity contribution in [1.82, 2.24) is 10.2 Å². The molecule has 2 aromatic rings. The normalized spacial score (nSPS) is 11.7. The van der Waals surface area contributed by atoms with Gasteiger partial charge < -0.3 is 10.2 Å². The van der Waals surface area contributed by atoms with Crippen molar-refractivity contribution in [3.8, 4) is 0 Å². The van der Waals surface area contributed by atoms with Crippen LogP contribution >= 0.6 is 15.9 Å². The van der Waals surface area contributed by atoms with Crippen LogP contribution in [0.2, 0.25) is 0 Å². The molecule has 0 aromatic heterocycles. The molecule has 28 heavy (non-hydrogen) atoms.